The van der Waals surface area contributed by atoms with Crippen molar-refractivity contribution in [3.8, 4) is 44.5 Å². The first kappa shape index (κ1) is 38.1. The zero-order chi connectivity index (χ0) is 41.6. The van der Waals surface area contributed by atoms with Gasteiger partial charge in [0.25, 0.3) is 0 Å². The highest BCUT2D eigenvalue weighted by atomic mass is 79.9. The zero-order valence-electron chi connectivity index (χ0n) is 33.7. The highest BCUT2D eigenvalue weighted by molar-refractivity contribution is 9.11. The third-order valence-electron chi connectivity index (χ3n) is 12.3. The van der Waals surface area contributed by atoms with Crippen molar-refractivity contribution in [2.45, 2.75) is 0 Å². The van der Waals surface area contributed by atoms with E-state index in [1.807, 2.05) is 0 Å². The molecule has 2 heteroatoms. The van der Waals surface area contributed by atoms with Crippen LogP contribution >= 0.6 is 31.9 Å². The third kappa shape index (κ3) is 6.68. The summed E-state index contributed by atoms with van der Waals surface area (Å²) in [5.41, 5.74) is 10.1. The Hall–Kier alpha value is -6.84. The van der Waals surface area contributed by atoms with Crippen molar-refractivity contribution in [1.29, 1.82) is 0 Å². The monoisotopic (exact) mass is 916 g/mol. The fraction of sp³-hybridized carbons (Fsp3) is 0. The summed E-state index contributed by atoms with van der Waals surface area (Å²) in [6.45, 7) is 0. The average molecular weight is 919 g/mol. The molecule has 0 saturated heterocycles. The van der Waals surface area contributed by atoms with E-state index >= 15 is 0 Å². The highest BCUT2D eigenvalue weighted by Gasteiger charge is 2.16. The molecular weight excluding hydrogens is 880 g/mol. The molecule has 0 spiro atoms. The second kappa shape index (κ2) is 16.2. The first-order chi connectivity index (χ1) is 30.6. The van der Waals surface area contributed by atoms with Gasteiger partial charge < -0.3 is 0 Å². The van der Waals surface area contributed by atoms with Gasteiger partial charge in [-0.1, -0.05) is 231 Å². The maximum Gasteiger partial charge on any atom is 0.0332 e. The lowest BCUT2D eigenvalue weighted by molar-refractivity contribution is 1.63. The van der Waals surface area contributed by atoms with Gasteiger partial charge in [-0.3, -0.25) is 0 Å². The smallest absolute Gasteiger partial charge is 0.0332 e. The number of benzene rings is 12. The minimum absolute atomic E-state index is 1.16. The van der Waals surface area contributed by atoms with Gasteiger partial charge in [-0.15, -0.1) is 0 Å². The number of halogens is 2. The van der Waals surface area contributed by atoms with Gasteiger partial charge in [0.05, 0.1) is 0 Å². The van der Waals surface area contributed by atoms with E-state index in [9.17, 15) is 0 Å². The van der Waals surface area contributed by atoms with E-state index in [1.54, 1.807) is 0 Å². The second-order valence-corrected chi connectivity index (χ2v) is 17.4. The molecule has 12 aromatic rings. The summed E-state index contributed by atoms with van der Waals surface area (Å²) >= 11 is 7.71. The van der Waals surface area contributed by atoms with Crippen LogP contribution in [0, 0.1) is 0 Å². The highest BCUT2D eigenvalue weighted by Crippen LogP contribution is 2.44. The Labute approximate surface area is 378 Å². The van der Waals surface area contributed by atoms with Crippen molar-refractivity contribution in [2.75, 3.05) is 0 Å². The fourth-order valence-corrected chi connectivity index (χ4v) is 10.7. The lowest BCUT2D eigenvalue weighted by atomic mass is 9.90. The van der Waals surface area contributed by atoms with E-state index in [1.165, 1.54) is 109 Å². The molecule has 0 aromatic heterocycles. The van der Waals surface area contributed by atoms with E-state index in [4.69, 9.17) is 0 Å². The van der Waals surface area contributed by atoms with Crippen LogP contribution in [0.2, 0.25) is 0 Å². The van der Waals surface area contributed by atoms with Crippen LogP contribution in [0.4, 0.5) is 0 Å². The quantitative estimate of drug-likeness (QED) is 0.154. The van der Waals surface area contributed by atoms with Crippen molar-refractivity contribution in [3.05, 3.63) is 239 Å². The molecule has 0 bridgehead atoms. The predicted octanol–water partition coefficient (Wildman–Crippen LogP) is 18.5. The minimum Gasteiger partial charge on any atom is -0.0616 e. The molecule has 12 rings (SSSR count). The standard InChI is InChI=1S/2C30H19Br/c2*31-30-27-13-5-3-11-25(27)29(26-12-4-6-14-28(26)30)22-18-16-21(17-19-22)24-15-7-9-20-8-1-2-10-23(20)24/h2*1-19H. The van der Waals surface area contributed by atoms with Crippen LogP contribution in [0.1, 0.15) is 0 Å². The molecule has 0 amide bonds. The molecule has 292 valence electrons. The molecule has 12 aromatic carbocycles. The molecular formula is C60H38Br2. The number of rotatable bonds is 4. The number of fused-ring (bicyclic) bond motifs is 6. The van der Waals surface area contributed by atoms with Crippen LogP contribution in [0.5, 0.6) is 0 Å². The summed E-state index contributed by atoms with van der Waals surface area (Å²) in [6.07, 6.45) is 0. The molecule has 0 nitrogen and oxygen atoms in total. The van der Waals surface area contributed by atoms with Crippen LogP contribution in [-0.4, -0.2) is 0 Å². The normalized spacial score (nSPS) is 11.4. The summed E-state index contributed by atoms with van der Waals surface area (Å²) in [4.78, 5) is 0. The van der Waals surface area contributed by atoms with Crippen LogP contribution < -0.4 is 0 Å². The predicted molar refractivity (Wildman–Crippen MR) is 275 cm³/mol. The lowest BCUT2D eigenvalue weighted by Gasteiger charge is -2.15. The Bertz CT molecular complexity index is 3270. The van der Waals surface area contributed by atoms with Gasteiger partial charge in [0.15, 0.2) is 0 Å². The second-order valence-electron chi connectivity index (χ2n) is 15.8. The van der Waals surface area contributed by atoms with E-state index in [2.05, 4.69) is 262 Å². The van der Waals surface area contributed by atoms with Crippen molar-refractivity contribution >= 4 is 96.5 Å². The van der Waals surface area contributed by atoms with Crippen LogP contribution in [0.25, 0.3) is 109 Å². The van der Waals surface area contributed by atoms with Crippen LogP contribution in [0.3, 0.4) is 0 Å². The molecule has 0 unspecified atom stereocenters. The Morgan fingerprint density at radius 1 is 0.194 bits per heavy atom. The molecule has 0 aliphatic carbocycles. The van der Waals surface area contributed by atoms with Gasteiger partial charge in [0.1, 0.15) is 0 Å². The van der Waals surface area contributed by atoms with Crippen LogP contribution in [-0.2, 0) is 0 Å². The van der Waals surface area contributed by atoms with E-state index < -0.39 is 0 Å². The van der Waals surface area contributed by atoms with Gasteiger partial charge >= 0.3 is 0 Å². The molecule has 0 radical (unpaired) electrons. The largest absolute Gasteiger partial charge is 0.0616 e. The Kier molecular flexibility index (Phi) is 9.97. The van der Waals surface area contributed by atoms with Gasteiger partial charge in [0, 0.05) is 8.95 Å². The summed E-state index contributed by atoms with van der Waals surface area (Å²) in [5.74, 6) is 0. The van der Waals surface area contributed by atoms with E-state index in [0.717, 1.165) is 8.95 Å². The van der Waals surface area contributed by atoms with Gasteiger partial charge in [-0.05, 0) is 141 Å². The Morgan fingerprint density at radius 3 is 0.758 bits per heavy atom. The van der Waals surface area contributed by atoms with E-state index in [0.29, 0.717) is 0 Å². The van der Waals surface area contributed by atoms with Gasteiger partial charge in [0.2, 0.25) is 0 Å². The molecule has 62 heavy (non-hydrogen) atoms. The molecule has 0 saturated carbocycles. The van der Waals surface area contributed by atoms with Gasteiger partial charge in [-0.25, -0.2) is 0 Å². The molecule has 0 heterocycles. The maximum absolute atomic E-state index is 3.85. The zero-order valence-corrected chi connectivity index (χ0v) is 36.9. The van der Waals surface area contributed by atoms with Crippen molar-refractivity contribution in [1.82, 2.24) is 0 Å². The minimum atomic E-state index is 1.16. The summed E-state index contributed by atoms with van der Waals surface area (Å²) in [6, 6.07) is 82.9. The van der Waals surface area contributed by atoms with E-state index in [-0.39, 0.29) is 0 Å². The van der Waals surface area contributed by atoms with Gasteiger partial charge in [-0.2, -0.15) is 0 Å². The third-order valence-corrected chi connectivity index (χ3v) is 14.0. The molecule has 0 N–H and O–H groups in total. The first-order valence-electron chi connectivity index (χ1n) is 21.0. The van der Waals surface area contributed by atoms with Crippen molar-refractivity contribution < 1.29 is 0 Å². The first-order valence-corrected chi connectivity index (χ1v) is 22.6. The average Bonchev–Trinajstić information content (AvgIpc) is 3.34. The van der Waals surface area contributed by atoms with Crippen molar-refractivity contribution in [3.63, 3.8) is 0 Å². The molecule has 0 fully saturated rings. The summed E-state index contributed by atoms with van der Waals surface area (Å²) < 4.78 is 2.32. The molecule has 0 aliphatic heterocycles. The topological polar surface area (TPSA) is 0 Å². The fourth-order valence-electron chi connectivity index (χ4n) is 9.36. The maximum atomic E-state index is 3.85. The number of hydrogen-bond acceptors (Lipinski definition) is 0. The van der Waals surface area contributed by atoms with Crippen molar-refractivity contribution in [2.24, 2.45) is 0 Å². The van der Waals surface area contributed by atoms with Crippen LogP contribution in [0.15, 0.2) is 239 Å². The Morgan fingerprint density at radius 2 is 0.435 bits per heavy atom. The molecule has 0 aliphatic rings. The summed E-state index contributed by atoms with van der Waals surface area (Å²) in [5, 5.41) is 15.2. The SMILES string of the molecule is Brc1c2ccccc2c(-c2ccc(-c3cccc4ccccc34)cc2)c2ccccc12.Brc1c2ccccc2c(-c2ccc(-c3cccc4ccccc34)cc2)c2ccccc12. The number of hydrogen-bond donors (Lipinski definition) is 0. The lowest BCUT2D eigenvalue weighted by Crippen LogP contribution is -1.88. The summed E-state index contributed by atoms with van der Waals surface area (Å²) in [7, 11) is 0. The molecule has 0 atom stereocenters. The Balaban J connectivity index is 0.000000139.